The standard InChI is InChI=1S/C13H14ClN3O4/c1-21-10-4-2-7(14)6-9(10)15-11(18)5-3-8-12(19)17-13(20)16-8/h2,4,6,8H,3,5H2,1H3,(H,15,18)(H2,16,17,19,20)/t8-/m0/s1. The Hall–Kier alpha value is -2.28. The lowest BCUT2D eigenvalue weighted by atomic mass is 10.1. The van der Waals surface area contributed by atoms with Crippen molar-refractivity contribution in [3.63, 3.8) is 0 Å². The molecule has 1 aliphatic rings. The third-order valence-electron chi connectivity index (χ3n) is 2.95. The molecule has 8 heteroatoms. The van der Waals surface area contributed by atoms with E-state index in [1.54, 1.807) is 18.2 Å². The van der Waals surface area contributed by atoms with Crippen molar-refractivity contribution in [3.8, 4) is 5.75 Å². The molecule has 0 bridgehead atoms. The Labute approximate surface area is 126 Å². The van der Waals surface area contributed by atoms with Crippen molar-refractivity contribution in [2.45, 2.75) is 18.9 Å². The summed E-state index contributed by atoms with van der Waals surface area (Å²) in [7, 11) is 1.48. The summed E-state index contributed by atoms with van der Waals surface area (Å²) in [5.41, 5.74) is 0.454. The first kappa shape index (κ1) is 15.1. The zero-order chi connectivity index (χ0) is 15.4. The van der Waals surface area contributed by atoms with E-state index >= 15 is 0 Å². The minimum Gasteiger partial charge on any atom is -0.495 e. The first-order chi connectivity index (χ1) is 9.99. The number of carbonyl (C=O) groups is 3. The summed E-state index contributed by atoms with van der Waals surface area (Å²) in [5.74, 6) is -0.239. The molecule has 0 aromatic heterocycles. The molecule has 2 rings (SSSR count). The Kier molecular flexibility index (Phi) is 4.64. The molecule has 0 saturated carbocycles. The Balaban J connectivity index is 1.92. The van der Waals surface area contributed by atoms with Gasteiger partial charge >= 0.3 is 6.03 Å². The van der Waals surface area contributed by atoms with Crippen LogP contribution in [0.1, 0.15) is 12.8 Å². The Morgan fingerprint density at radius 2 is 2.19 bits per heavy atom. The molecule has 1 heterocycles. The van der Waals surface area contributed by atoms with E-state index in [-0.39, 0.29) is 18.7 Å². The number of rotatable bonds is 5. The summed E-state index contributed by atoms with van der Waals surface area (Å²) in [6.45, 7) is 0. The van der Waals surface area contributed by atoms with E-state index in [1.807, 2.05) is 0 Å². The van der Waals surface area contributed by atoms with E-state index in [2.05, 4.69) is 16.0 Å². The van der Waals surface area contributed by atoms with Gasteiger partial charge in [-0.2, -0.15) is 0 Å². The van der Waals surface area contributed by atoms with Crippen LogP contribution in [0, 0.1) is 0 Å². The predicted molar refractivity (Wildman–Crippen MR) is 76.3 cm³/mol. The lowest BCUT2D eigenvalue weighted by Crippen LogP contribution is -2.30. The van der Waals surface area contributed by atoms with Crippen molar-refractivity contribution in [2.75, 3.05) is 12.4 Å². The van der Waals surface area contributed by atoms with Crippen molar-refractivity contribution in [2.24, 2.45) is 0 Å². The first-order valence-corrected chi connectivity index (χ1v) is 6.62. The number of methoxy groups -OCH3 is 1. The average Bonchev–Trinajstić information content (AvgIpc) is 2.75. The van der Waals surface area contributed by atoms with Crippen LogP contribution in [0.3, 0.4) is 0 Å². The van der Waals surface area contributed by atoms with Crippen LogP contribution in [0.2, 0.25) is 5.02 Å². The SMILES string of the molecule is COc1ccc(Cl)cc1NC(=O)CC[C@@H]1NC(=O)NC1=O. The van der Waals surface area contributed by atoms with Gasteiger partial charge in [-0.1, -0.05) is 11.6 Å². The third kappa shape index (κ3) is 3.85. The van der Waals surface area contributed by atoms with Crippen LogP contribution in [0.15, 0.2) is 18.2 Å². The molecule has 7 nitrogen and oxygen atoms in total. The van der Waals surface area contributed by atoms with E-state index in [9.17, 15) is 14.4 Å². The van der Waals surface area contributed by atoms with E-state index in [0.717, 1.165) is 0 Å². The molecule has 0 spiro atoms. The van der Waals surface area contributed by atoms with Gasteiger partial charge in [0.05, 0.1) is 12.8 Å². The molecule has 1 aromatic carbocycles. The van der Waals surface area contributed by atoms with Crippen molar-refractivity contribution in [1.82, 2.24) is 10.6 Å². The molecule has 4 amide bonds. The number of amides is 4. The molecule has 0 radical (unpaired) electrons. The lowest BCUT2D eigenvalue weighted by Gasteiger charge is -2.11. The number of halogens is 1. The van der Waals surface area contributed by atoms with Gasteiger partial charge in [0.1, 0.15) is 11.8 Å². The number of carbonyl (C=O) groups excluding carboxylic acids is 3. The summed E-state index contributed by atoms with van der Waals surface area (Å²) in [6.07, 6.45) is 0.292. The maximum Gasteiger partial charge on any atom is 0.322 e. The summed E-state index contributed by atoms with van der Waals surface area (Å²) in [5, 5.41) is 7.66. The Morgan fingerprint density at radius 1 is 1.43 bits per heavy atom. The molecule has 1 aliphatic heterocycles. The molecule has 1 fully saturated rings. The number of urea groups is 1. The first-order valence-electron chi connectivity index (χ1n) is 6.24. The van der Waals surface area contributed by atoms with Gasteiger partial charge in [0.25, 0.3) is 5.91 Å². The molecule has 0 unspecified atom stereocenters. The van der Waals surface area contributed by atoms with E-state index in [0.29, 0.717) is 16.5 Å². The molecule has 1 saturated heterocycles. The third-order valence-corrected chi connectivity index (χ3v) is 3.19. The van der Waals surface area contributed by atoms with Gasteiger partial charge in [-0.05, 0) is 24.6 Å². The number of hydrogen-bond donors (Lipinski definition) is 3. The maximum absolute atomic E-state index is 11.9. The summed E-state index contributed by atoms with van der Waals surface area (Å²) >= 11 is 5.87. The van der Waals surface area contributed by atoms with Crippen LogP contribution in [-0.2, 0) is 9.59 Å². The van der Waals surface area contributed by atoms with Gasteiger partial charge in [0.2, 0.25) is 5.91 Å². The fourth-order valence-electron chi connectivity index (χ4n) is 1.93. The Bertz CT molecular complexity index is 591. The molecular formula is C13H14ClN3O4. The van der Waals surface area contributed by atoms with Crippen LogP contribution in [0.4, 0.5) is 10.5 Å². The van der Waals surface area contributed by atoms with Crippen molar-refractivity contribution < 1.29 is 19.1 Å². The van der Waals surface area contributed by atoms with Gasteiger partial charge < -0.3 is 15.4 Å². The lowest BCUT2D eigenvalue weighted by molar-refractivity contribution is -0.120. The molecule has 112 valence electrons. The second-order valence-corrected chi connectivity index (χ2v) is 4.88. The average molecular weight is 312 g/mol. The van der Waals surface area contributed by atoms with E-state index in [1.165, 1.54) is 7.11 Å². The molecule has 1 atom stereocenters. The highest BCUT2D eigenvalue weighted by Gasteiger charge is 2.29. The second-order valence-electron chi connectivity index (χ2n) is 4.45. The van der Waals surface area contributed by atoms with Gasteiger partial charge in [-0.25, -0.2) is 4.79 Å². The molecule has 3 N–H and O–H groups in total. The highest BCUT2D eigenvalue weighted by molar-refractivity contribution is 6.31. The number of ether oxygens (including phenoxy) is 1. The van der Waals surface area contributed by atoms with Crippen molar-refractivity contribution >= 4 is 35.1 Å². The van der Waals surface area contributed by atoms with Crippen LogP contribution < -0.4 is 20.7 Å². The van der Waals surface area contributed by atoms with Crippen molar-refractivity contribution in [3.05, 3.63) is 23.2 Å². The van der Waals surface area contributed by atoms with Crippen LogP contribution in [-0.4, -0.2) is 31.0 Å². The maximum atomic E-state index is 11.9. The van der Waals surface area contributed by atoms with Gasteiger partial charge in [-0.3, -0.25) is 14.9 Å². The number of imide groups is 1. The minimum absolute atomic E-state index is 0.0774. The fraction of sp³-hybridized carbons (Fsp3) is 0.308. The van der Waals surface area contributed by atoms with Gasteiger partial charge in [0, 0.05) is 11.4 Å². The normalized spacial score (nSPS) is 17.1. The fourth-order valence-corrected chi connectivity index (χ4v) is 2.10. The summed E-state index contributed by atoms with van der Waals surface area (Å²) < 4.78 is 5.12. The van der Waals surface area contributed by atoms with Crippen LogP contribution in [0.25, 0.3) is 0 Å². The summed E-state index contributed by atoms with van der Waals surface area (Å²) in [4.78, 5) is 34.2. The van der Waals surface area contributed by atoms with E-state index in [4.69, 9.17) is 16.3 Å². The molecule has 0 aliphatic carbocycles. The number of hydrogen-bond acceptors (Lipinski definition) is 4. The zero-order valence-electron chi connectivity index (χ0n) is 11.2. The minimum atomic E-state index is -0.676. The zero-order valence-corrected chi connectivity index (χ0v) is 12.0. The largest absolute Gasteiger partial charge is 0.495 e. The topological polar surface area (TPSA) is 96.5 Å². The van der Waals surface area contributed by atoms with Gasteiger partial charge in [-0.15, -0.1) is 0 Å². The molecular weight excluding hydrogens is 298 g/mol. The number of anilines is 1. The van der Waals surface area contributed by atoms with Crippen LogP contribution >= 0.6 is 11.6 Å². The molecule has 1 aromatic rings. The second kappa shape index (κ2) is 6.45. The highest BCUT2D eigenvalue weighted by atomic mass is 35.5. The summed E-state index contributed by atoms with van der Waals surface area (Å²) in [6, 6.07) is 3.64. The van der Waals surface area contributed by atoms with Crippen LogP contribution in [0.5, 0.6) is 5.75 Å². The Morgan fingerprint density at radius 3 is 2.81 bits per heavy atom. The van der Waals surface area contributed by atoms with E-state index < -0.39 is 18.0 Å². The highest BCUT2D eigenvalue weighted by Crippen LogP contribution is 2.27. The number of nitrogens with one attached hydrogen (secondary N) is 3. The number of benzene rings is 1. The quantitative estimate of drug-likeness (QED) is 0.714. The molecule has 21 heavy (non-hydrogen) atoms. The monoisotopic (exact) mass is 311 g/mol. The van der Waals surface area contributed by atoms with Crippen molar-refractivity contribution in [1.29, 1.82) is 0 Å². The smallest absolute Gasteiger partial charge is 0.322 e. The predicted octanol–water partition coefficient (Wildman–Crippen LogP) is 1.28. The van der Waals surface area contributed by atoms with Gasteiger partial charge in [0.15, 0.2) is 0 Å².